The lowest BCUT2D eigenvalue weighted by Gasteiger charge is -2.31. The van der Waals surface area contributed by atoms with Crippen molar-refractivity contribution >= 4 is 5.82 Å². The number of rotatable bonds is 1. The fourth-order valence-electron chi connectivity index (χ4n) is 3.21. The number of hydrogen-bond acceptors (Lipinski definition) is 4. The van der Waals surface area contributed by atoms with Crippen LogP contribution in [0, 0.1) is 12.8 Å². The third kappa shape index (κ3) is 3.20. The van der Waals surface area contributed by atoms with E-state index in [1.165, 1.54) is 0 Å². The molecular weight excluding hydrogens is 295 g/mol. The second kappa shape index (κ2) is 5.70. The number of halogens is 3. The van der Waals surface area contributed by atoms with Gasteiger partial charge in [0.2, 0.25) is 0 Å². The van der Waals surface area contributed by atoms with E-state index in [1.54, 1.807) is 6.92 Å². The quantitative estimate of drug-likeness (QED) is 0.794. The summed E-state index contributed by atoms with van der Waals surface area (Å²) in [5.41, 5.74) is -0.238. The molecule has 0 spiro atoms. The monoisotopic (exact) mass is 315 g/mol. The molecular formula is C15H20F3N3O. The minimum Gasteiger partial charge on any atom is -0.379 e. The van der Waals surface area contributed by atoms with Gasteiger partial charge in [-0.15, -0.1) is 0 Å². The van der Waals surface area contributed by atoms with Gasteiger partial charge >= 0.3 is 6.18 Å². The number of nitrogens with zero attached hydrogens (tertiary/aromatic N) is 3. The maximum atomic E-state index is 13.0. The molecule has 1 aromatic heterocycles. The third-order valence-corrected chi connectivity index (χ3v) is 4.33. The highest BCUT2D eigenvalue weighted by Gasteiger charge is 2.34. The van der Waals surface area contributed by atoms with Crippen LogP contribution in [0.25, 0.3) is 0 Å². The highest BCUT2D eigenvalue weighted by atomic mass is 19.4. The summed E-state index contributed by atoms with van der Waals surface area (Å²) < 4.78 is 44.7. The summed E-state index contributed by atoms with van der Waals surface area (Å²) in [6, 6.07) is 2.44. The number of likely N-dealkylation sites (N-methyl/N-ethyl adjacent to an activating group) is 1. The Morgan fingerprint density at radius 3 is 2.68 bits per heavy atom. The number of aryl methyl sites for hydroxylation is 1. The van der Waals surface area contributed by atoms with Crippen LogP contribution in [0.4, 0.5) is 19.0 Å². The van der Waals surface area contributed by atoms with Crippen molar-refractivity contribution in [1.29, 1.82) is 0 Å². The lowest BCUT2D eigenvalue weighted by Crippen LogP contribution is -2.42. The Kier molecular flexibility index (Phi) is 4.03. The fourth-order valence-corrected chi connectivity index (χ4v) is 3.21. The average molecular weight is 315 g/mol. The summed E-state index contributed by atoms with van der Waals surface area (Å²) in [4.78, 5) is 8.54. The van der Waals surface area contributed by atoms with Gasteiger partial charge in [-0.1, -0.05) is 0 Å². The van der Waals surface area contributed by atoms with E-state index in [4.69, 9.17) is 4.74 Å². The van der Waals surface area contributed by atoms with Crippen LogP contribution >= 0.6 is 0 Å². The topological polar surface area (TPSA) is 28.6 Å². The van der Waals surface area contributed by atoms with Gasteiger partial charge in [0, 0.05) is 31.2 Å². The number of aromatic nitrogens is 1. The standard InChI is InChI=1S/C15H20F3N3O/c1-10-3-12(15(16,17)18)4-14(19-10)21-6-11-5-20(2)13(7-21)9-22-8-11/h3-4,11,13H,5-9H2,1-2H3/t11-,13+/m1/s1. The molecule has 0 radical (unpaired) electrons. The van der Waals surface area contributed by atoms with Crippen LogP contribution in [0.2, 0.25) is 0 Å². The van der Waals surface area contributed by atoms with Gasteiger partial charge in [0.25, 0.3) is 0 Å². The van der Waals surface area contributed by atoms with Crippen molar-refractivity contribution < 1.29 is 17.9 Å². The van der Waals surface area contributed by atoms with Gasteiger partial charge in [-0.3, -0.25) is 4.90 Å². The summed E-state index contributed by atoms with van der Waals surface area (Å²) >= 11 is 0. The fraction of sp³-hybridized carbons (Fsp3) is 0.667. The summed E-state index contributed by atoms with van der Waals surface area (Å²) in [5, 5.41) is 0. The van der Waals surface area contributed by atoms with Crippen LogP contribution in [-0.4, -0.2) is 55.8 Å². The molecule has 2 fully saturated rings. The highest BCUT2D eigenvalue weighted by Crippen LogP contribution is 2.32. The van der Waals surface area contributed by atoms with Gasteiger partial charge in [0.05, 0.1) is 24.8 Å². The molecule has 0 unspecified atom stereocenters. The van der Waals surface area contributed by atoms with Crippen LogP contribution in [-0.2, 0) is 10.9 Å². The van der Waals surface area contributed by atoms with Gasteiger partial charge in [-0.25, -0.2) is 4.98 Å². The molecule has 0 amide bonds. The Labute approximate surface area is 127 Å². The van der Waals surface area contributed by atoms with Crippen molar-refractivity contribution in [2.45, 2.75) is 19.1 Å². The van der Waals surface area contributed by atoms with Crippen LogP contribution in [0.5, 0.6) is 0 Å². The van der Waals surface area contributed by atoms with Crippen molar-refractivity contribution in [3.05, 3.63) is 23.4 Å². The predicted octanol–water partition coefficient (Wildman–Crippen LogP) is 2.18. The van der Waals surface area contributed by atoms with Gasteiger partial charge in [-0.2, -0.15) is 13.2 Å². The number of pyridine rings is 1. The number of hydrogen-bond donors (Lipinski definition) is 0. The lowest BCUT2D eigenvalue weighted by molar-refractivity contribution is -0.137. The molecule has 2 saturated heterocycles. The summed E-state index contributed by atoms with van der Waals surface area (Å²) in [6.45, 7) is 5.08. The Hall–Kier alpha value is -1.34. The summed E-state index contributed by atoms with van der Waals surface area (Å²) in [7, 11) is 2.04. The third-order valence-electron chi connectivity index (χ3n) is 4.33. The molecule has 22 heavy (non-hydrogen) atoms. The van der Waals surface area contributed by atoms with Crippen molar-refractivity contribution in [2.75, 3.05) is 44.8 Å². The van der Waals surface area contributed by atoms with E-state index in [0.29, 0.717) is 37.8 Å². The molecule has 3 heterocycles. The van der Waals surface area contributed by atoms with E-state index in [2.05, 4.69) is 9.88 Å². The van der Waals surface area contributed by atoms with Gasteiger partial charge in [0.1, 0.15) is 5.82 Å². The van der Waals surface area contributed by atoms with Crippen molar-refractivity contribution in [3.8, 4) is 0 Å². The maximum absolute atomic E-state index is 13.0. The summed E-state index contributed by atoms with van der Waals surface area (Å²) in [5.74, 6) is 0.702. The molecule has 2 atom stereocenters. The number of alkyl halides is 3. The molecule has 7 heteroatoms. The van der Waals surface area contributed by atoms with Crippen molar-refractivity contribution in [1.82, 2.24) is 9.88 Å². The Balaban J connectivity index is 1.92. The van der Waals surface area contributed by atoms with Gasteiger partial charge in [-0.05, 0) is 26.1 Å². The Morgan fingerprint density at radius 1 is 1.18 bits per heavy atom. The van der Waals surface area contributed by atoms with Gasteiger partial charge < -0.3 is 9.64 Å². The van der Waals surface area contributed by atoms with Crippen LogP contribution in [0.3, 0.4) is 0 Å². The molecule has 0 aliphatic carbocycles. The molecule has 3 rings (SSSR count). The van der Waals surface area contributed by atoms with E-state index in [0.717, 1.165) is 18.7 Å². The largest absolute Gasteiger partial charge is 0.416 e. The molecule has 2 aliphatic rings. The average Bonchev–Trinajstić information content (AvgIpc) is 2.65. The molecule has 2 bridgehead atoms. The second-order valence-corrected chi connectivity index (χ2v) is 6.26. The van der Waals surface area contributed by atoms with E-state index < -0.39 is 11.7 Å². The van der Waals surface area contributed by atoms with Crippen LogP contribution in [0.15, 0.2) is 12.1 Å². The SMILES string of the molecule is Cc1cc(C(F)(F)F)cc(N2C[C@@H]3COC[C@H](C2)N(C)C3)n1. The molecule has 122 valence electrons. The van der Waals surface area contributed by atoms with E-state index in [9.17, 15) is 13.2 Å². The first-order valence-electron chi connectivity index (χ1n) is 7.42. The predicted molar refractivity (Wildman–Crippen MR) is 76.9 cm³/mol. The minimum atomic E-state index is -4.34. The zero-order chi connectivity index (χ0) is 15.9. The number of ether oxygens (including phenoxy) is 1. The first-order valence-corrected chi connectivity index (χ1v) is 7.42. The molecule has 1 aromatic rings. The highest BCUT2D eigenvalue weighted by molar-refractivity contribution is 5.44. The van der Waals surface area contributed by atoms with E-state index >= 15 is 0 Å². The molecule has 2 aliphatic heterocycles. The normalized spacial score (nSPS) is 26.9. The minimum absolute atomic E-state index is 0.184. The van der Waals surface area contributed by atoms with Crippen LogP contribution in [0.1, 0.15) is 11.3 Å². The van der Waals surface area contributed by atoms with E-state index in [1.807, 2.05) is 11.9 Å². The lowest BCUT2D eigenvalue weighted by atomic mass is 10.1. The maximum Gasteiger partial charge on any atom is 0.416 e. The van der Waals surface area contributed by atoms with Crippen molar-refractivity contribution in [3.63, 3.8) is 0 Å². The zero-order valence-electron chi connectivity index (χ0n) is 12.7. The number of fused-ring (bicyclic) bond motifs is 3. The van der Waals surface area contributed by atoms with E-state index in [-0.39, 0.29) is 12.0 Å². The zero-order valence-corrected chi connectivity index (χ0v) is 12.7. The molecule has 0 saturated carbocycles. The molecule has 0 N–H and O–H groups in total. The number of anilines is 1. The van der Waals surface area contributed by atoms with Gasteiger partial charge in [0.15, 0.2) is 0 Å². The van der Waals surface area contributed by atoms with Crippen molar-refractivity contribution in [2.24, 2.45) is 5.92 Å². The molecule has 0 aromatic carbocycles. The second-order valence-electron chi connectivity index (χ2n) is 6.26. The first-order chi connectivity index (χ1) is 10.3. The summed E-state index contributed by atoms with van der Waals surface area (Å²) in [6.07, 6.45) is -4.34. The Morgan fingerprint density at radius 2 is 1.95 bits per heavy atom. The first kappa shape index (κ1) is 15.6. The smallest absolute Gasteiger partial charge is 0.379 e. The van der Waals surface area contributed by atoms with Crippen LogP contribution < -0.4 is 4.90 Å². The molecule has 4 nitrogen and oxygen atoms in total. The Bertz CT molecular complexity index is 549.